The molecular weight excluding hydrogens is 402 g/mol. The fraction of sp³-hybridized carbons (Fsp3) is 0.520. The van der Waals surface area contributed by atoms with E-state index in [-0.39, 0.29) is 6.10 Å². The van der Waals surface area contributed by atoms with Crippen molar-refractivity contribution >= 4 is 11.8 Å². The maximum atomic E-state index is 5.95. The molecule has 0 aliphatic carbocycles. The van der Waals surface area contributed by atoms with Gasteiger partial charge in [-0.2, -0.15) is 0 Å². The van der Waals surface area contributed by atoms with E-state index in [1.807, 2.05) is 13.1 Å². The third-order valence-corrected chi connectivity index (χ3v) is 5.83. The van der Waals surface area contributed by atoms with Gasteiger partial charge in [-0.25, -0.2) is 9.98 Å². The van der Waals surface area contributed by atoms with Crippen LogP contribution in [-0.2, 0) is 19.5 Å². The molecular formula is C25H35N5O2. The molecule has 2 N–H and O–H groups in total. The highest BCUT2D eigenvalue weighted by Crippen LogP contribution is 2.35. The van der Waals surface area contributed by atoms with Gasteiger partial charge < -0.3 is 25.0 Å². The summed E-state index contributed by atoms with van der Waals surface area (Å²) < 4.78 is 11.9. The Labute approximate surface area is 191 Å². The maximum absolute atomic E-state index is 5.95. The number of nitrogens with zero attached hydrogens (tertiary/aromatic N) is 3. The average Bonchev–Trinajstić information content (AvgIpc) is 3.45. The van der Waals surface area contributed by atoms with Gasteiger partial charge in [0.1, 0.15) is 23.4 Å². The number of hydrogen-bond acceptors (Lipinski definition) is 5. The van der Waals surface area contributed by atoms with Crippen molar-refractivity contribution in [3.63, 3.8) is 0 Å². The van der Waals surface area contributed by atoms with Gasteiger partial charge >= 0.3 is 0 Å². The number of aliphatic imine (C=N–C) groups is 1. The smallest absolute Gasteiger partial charge is 0.191 e. The normalized spacial score (nSPS) is 17.8. The third kappa shape index (κ3) is 5.44. The molecule has 1 atom stereocenters. The summed E-state index contributed by atoms with van der Waals surface area (Å²) in [5.41, 5.74) is 3.39. The second kappa shape index (κ2) is 10.6. The lowest BCUT2D eigenvalue weighted by molar-refractivity contribution is 0.254. The number of hydrogen-bond donors (Lipinski definition) is 2. The van der Waals surface area contributed by atoms with Crippen LogP contribution in [0.1, 0.15) is 50.3 Å². The van der Waals surface area contributed by atoms with Gasteiger partial charge in [0.2, 0.25) is 0 Å². The van der Waals surface area contributed by atoms with E-state index in [2.05, 4.69) is 58.6 Å². The summed E-state index contributed by atoms with van der Waals surface area (Å²) in [6.45, 7) is 11.0. The van der Waals surface area contributed by atoms with E-state index >= 15 is 0 Å². The molecule has 172 valence electrons. The Kier molecular flexibility index (Phi) is 7.35. The minimum absolute atomic E-state index is 0.215. The van der Waals surface area contributed by atoms with Gasteiger partial charge in [0.15, 0.2) is 5.96 Å². The Balaban J connectivity index is 1.41. The molecule has 3 heterocycles. The number of guanidine groups is 1. The van der Waals surface area contributed by atoms with Gasteiger partial charge in [-0.05, 0) is 57.4 Å². The standard InChI is InChI=1S/C25H35N5O2/c1-4-26-25(28-16-19-8-9-24(27-15-19)30-10-6-7-11-30)29-17-21-14-23-20(12-18(3)32-23)13-22(21)31-5-2/h8-9,13-15,18H,4-7,10-12,16-17H2,1-3H3,(H2,26,28,29). The Morgan fingerprint density at radius 2 is 2.06 bits per heavy atom. The van der Waals surface area contributed by atoms with Crippen molar-refractivity contribution in [1.29, 1.82) is 0 Å². The Morgan fingerprint density at radius 1 is 1.22 bits per heavy atom. The fourth-order valence-electron chi connectivity index (χ4n) is 4.24. The Hall–Kier alpha value is -2.96. The van der Waals surface area contributed by atoms with Crippen molar-refractivity contribution in [1.82, 2.24) is 15.6 Å². The molecule has 0 amide bonds. The van der Waals surface area contributed by atoms with Gasteiger partial charge in [0.05, 0.1) is 13.2 Å². The van der Waals surface area contributed by atoms with Gasteiger partial charge in [0, 0.05) is 49.9 Å². The van der Waals surface area contributed by atoms with Crippen molar-refractivity contribution in [2.24, 2.45) is 4.99 Å². The van der Waals surface area contributed by atoms with Crippen LogP contribution < -0.4 is 25.0 Å². The molecule has 1 aromatic carbocycles. The van der Waals surface area contributed by atoms with Gasteiger partial charge in [-0.15, -0.1) is 0 Å². The topological polar surface area (TPSA) is 71.0 Å². The first-order valence-electron chi connectivity index (χ1n) is 11.8. The number of pyridine rings is 1. The van der Waals surface area contributed by atoms with Crippen molar-refractivity contribution in [2.45, 2.75) is 59.2 Å². The molecule has 0 radical (unpaired) electrons. The largest absolute Gasteiger partial charge is 0.494 e. The average molecular weight is 438 g/mol. The van der Waals surface area contributed by atoms with E-state index in [9.17, 15) is 0 Å². The molecule has 4 rings (SSSR count). The molecule has 2 aliphatic rings. The van der Waals surface area contributed by atoms with Crippen LogP contribution in [0.5, 0.6) is 11.5 Å². The van der Waals surface area contributed by atoms with E-state index in [1.165, 1.54) is 18.4 Å². The number of benzene rings is 1. The molecule has 7 heteroatoms. The van der Waals surface area contributed by atoms with Crippen LogP contribution in [0.4, 0.5) is 5.82 Å². The molecule has 1 saturated heterocycles. The molecule has 32 heavy (non-hydrogen) atoms. The Morgan fingerprint density at radius 3 is 2.78 bits per heavy atom. The number of aromatic nitrogens is 1. The molecule has 0 bridgehead atoms. The summed E-state index contributed by atoms with van der Waals surface area (Å²) in [5, 5.41) is 6.77. The second-order valence-corrected chi connectivity index (χ2v) is 8.40. The van der Waals surface area contributed by atoms with Crippen LogP contribution >= 0.6 is 0 Å². The van der Waals surface area contributed by atoms with Crippen molar-refractivity contribution < 1.29 is 9.47 Å². The molecule has 0 saturated carbocycles. The fourth-order valence-corrected chi connectivity index (χ4v) is 4.24. The van der Waals surface area contributed by atoms with E-state index in [1.54, 1.807) is 0 Å². The van der Waals surface area contributed by atoms with Crippen LogP contribution in [0.25, 0.3) is 0 Å². The summed E-state index contributed by atoms with van der Waals surface area (Å²) >= 11 is 0. The summed E-state index contributed by atoms with van der Waals surface area (Å²) in [6.07, 6.45) is 5.59. The first-order chi connectivity index (χ1) is 15.7. The SMILES string of the molecule is CCNC(=NCc1ccc(N2CCCC2)nc1)NCc1cc2c(cc1OCC)CC(C)O2. The number of anilines is 1. The summed E-state index contributed by atoms with van der Waals surface area (Å²) in [7, 11) is 0. The van der Waals surface area contributed by atoms with E-state index in [0.717, 1.165) is 60.5 Å². The summed E-state index contributed by atoms with van der Waals surface area (Å²) in [6, 6.07) is 8.45. The predicted molar refractivity (Wildman–Crippen MR) is 129 cm³/mol. The summed E-state index contributed by atoms with van der Waals surface area (Å²) in [5.74, 6) is 3.71. The Bertz CT molecular complexity index is 923. The van der Waals surface area contributed by atoms with Crippen LogP contribution in [0, 0.1) is 0 Å². The van der Waals surface area contributed by atoms with Crippen LogP contribution in [0.3, 0.4) is 0 Å². The lowest BCUT2D eigenvalue weighted by Crippen LogP contribution is -2.36. The molecule has 2 aromatic rings. The van der Waals surface area contributed by atoms with Gasteiger partial charge in [0.25, 0.3) is 0 Å². The monoisotopic (exact) mass is 437 g/mol. The van der Waals surface area contributed by atoms with Crippen LogP contribution in [0.15, 0.2) is 35.5 Å². The first-order valence-corrected chi connectivity index (χ1v) is 11.8. The van der Waals surface area contributed by atoms with Crippen molar-refractivity contribution in [2.75, 3.05) is 31.1 Å². The minimum atomic E-state index is 0.215. The highest BCUT2D eigenvalue weighted by atomic mass is 16.5. The van der Waals surface area contributed by atoms with Gasteiger partial charge in [-0.1, -0.05) is 6.07 Å². The van der Waals surface area contributed by atoms with Crippen LogP contribution in [-0.4, -0.2) is 43.3 Å². The zero-order valence-electron chi connectivity index (χ0n) is 19.5. The van der Waals surface area contributed by atoms with Crippen molar-refractivity contribution in [3.05, 3.63) is 47.2 Å². The molecule has 1 unspecified atom stereocenters. The highest BCUT2D eigenvalue weighted by Gasteiger charge is 2.22. The molecule has 0 spiro atoms. The van der Waals surface area contributed by atoms with Gasteiger partial charge in [-0.3, -0.25) is 0 Å². The zero-order chi connectivity index (χ0) is 22.3. The molecule has 1 aromatic heterocycles. The van der Waals surface area contributed by atoms with E-state index in [0.29, 0.717) is 19.7 Å². The maximum Gasteiger partial charge on any atom is 0.191 e. The first kappa shape index (κ1) is 22.2. The molecule has 1 fully saturated rings. The van der Waals surface area contributed by atoms with E-state index in [4.69, 9.17) is 14.5 Å². The number of rotatable bonds is 8. The lowest BCUT2D eigenvalue weighted by atomic mass is 10.1. The predicted octanol–water partition coefficient (Wildman–Crippen LogP) is 3.66. The highest BCUT2D eigenvalue weighted by molar-refractivity contribution is 5.79. The van der Waals surface area contributed by atoms with E-state index < -0.39 is 0 Å². The number of nitrogens with one attached hydrogen (secondary N) is 2. The molecule has 7 nitrogen and oxygen atoms in total. The number of fused-ring (bicyclic) bond motifs is 1. The van der Waals surface area contributed by atoms with Crippen LogP contribution in [0.2, 0.25) is 0 Å². The minimum Gasteiger partial charge on any atom is -0.494 e. The zero-order valence-corrected chi connectivity index (χ0v) is 19.5. The quantitative estimate of drug-likeness (QED) is 0.485. The second-order valence-electron chi connectivity index (χ2n) is 8.40. The lowest BCUT2D eigenvalue weighted by Gasteiger charge is -2.16. The third-order valence-electron chi connectivity index (χ3n) is 5.83. The number of ether oxygens (including phenoxy) is 2. The molecule has 2 aliphatic heterocycles. The summed E-state index contributed by atoms with van der Waals surface area (Å²) in [4.78, 5) is 11.7. The van der Waals surface area contributed by atoms with Crippen molar-refractivity contribution in [3.8, 4) is 11.5 Å².